The van der Waals surface area contributed by atoms with Gasteiger partial charge in [0.25, 0.3) is 0 Å². The van der Waals surface area contributed by atoms with Crippen LogP contribution in [0.25, 0.3) is 0 Å². The van der Waals surface area contributed by atoms with E-state index in [1.54, 1.807) is 25.1 Å². The fourth-order valence-electron chi connectivity index (χ4n) is 2.55. The van der Waals surface area contributed by atoms with Gasteiger partial charge in [-0.25, -0.2) is 4.79 Å². The van der Waals surface area contributed by atoms with E-state index < -0.39 is 11.5 Å². The van der Waals surface area contributed by atoms with E-state index in [4.69, 9.17) is 23.2 Å². The van der Waals surface area contributed by atoms with Crippen molar-refractivity contribution in [1.82, 2.24) is 9.80 Å². The minimum atomic E-state index is -1.16. The molecule has 1 aliphatic rings. The van der Waals surface area contributed by atoms with Crippen LogP contribution >= 0.6 is 23.2 Å². The second-order valence-electron chi connectivity index (χ2n) is 5.27. The van der Waals surface area contributed by atoms with Crippen molar-refractivity contribution in [3.05, 3.63) is 33.8 Å². The zero-order valence-corrected chi connectivity index (χ0v) is 13.1. The summed E-state index contributed by atoms with van der Waals surface area (Å²) >= 11 is 12.3. The molecule has 20 heavy (non-hydrogen) atoms. The van der Waals surface area contributed by atoms with Gasteiger partial charge in [0.05, 0.1) is 10.0 Å². The van der Waals surface area contributed by atoms with Gasteiger partial charge in [-0.05, 0) is 20.0 Å². The van der Waals surface area contributed by atoms with E-state index >= 15 is 0 Å². The third-order valence-corrected chi connectivity index (χ3v) is 4.85. The van der Waals surface area contributed by atoms with Crippen LogP contribution in [0, 0.1) is 0 Å². The van der Waals surface area contributed by atoms with E-state index in [-0.39, 0.29) is 0 Å². The van der Waals surface area contributed by atoms with Crippen molar-refractivity contribution >= 4 is 29.2 Å². The Labute approximate surface area is 128 Å². The molecule has 0 aliphatic carbocycles. The second-order valence-corrected chi connectivity index (χ2v) is 6.05. The average Bonchev–Trinajstić information content (AvgIpc) is 2.41. The highest BCUT2D eigenvalue weighted by Crippen LogP contribution is 2.37. The Balaban J connectivity index is 2.44. The molecule has 1 saturated heterocycles. The van der Waals surface area contributed by atoms with Crippen LogP contribution in [0.5, 0.6) is 0 Å². The maximum atomic E-state index is 11.9. The Hall–Kier alpha value is -0.810. The molecule has 1 aromatic carbocycles. The molecule has 4 nitrogen and oxygen atoms in total. The minimum Gasteiger partial charge on any atom is -0.480 e. The van der Waals surface area contributed by atoms with Gasteiger partial charge in [0.1, 0.15) is 5.54 Å². The van der Waals surface area contributed by atoms with Crippen LogP contribution in [0.3, 0.4) is 0 Å². The summed E-state index contributed by atoms with van der Waals surface area (Å²) in [7, 11) is 2.03. The molecule has 0 aromatic heterocycles. The number of likely N-dealkylation sites (N-methyl/N-ethyl adjacent to an activating group) is 1. The quantitative estimate of drug-likeness (QED) is 0.930. The maximum Gasteiger partial charge on any atom is 0.328 e. The maximum absolute atomic E-state index is 11.9. The van der Waals surface area contributed by atoms with Gasteiger partial charge in [0.15, 0.2) is 0 Å². The summed E-state index contributed by atoms with van der Waals surface area (Å²) in [6.07, 6.45) is 0. The smallest absolute Gasteiger partial charge is 0.328 e. The molecule has 0 saturated carbocycles. The predicted octanol–water partition coefficient (Wildman–Crippen LogP) is 2.54. The van der Waals surface area contributed by atoms with Gasteiger partial charge in [-0.2, -0.15) is 0 Å². The monoisotopic (exact) mass is 316 g/mol. The van der Waals surface area contributed by atoms with Gasteiger partial charge in [-0.3, -0.25) is 4.90 Å². The molecular formula is C14H18Cl2N2O2. The standard InChI is InChI=1S/C14H18Cl2N2O2/c1-14(13(19)20,18-8-6-17(2)7-9-18)10-4-3-5-11(15)12(10)16/h3-5H,6-9H2,1-2H3,(H,19,20). The zero-order valence-electron chi connectivity index (χ0n) is 11.6. The second kappa shape index (κ2) is 5.90. The molecule has 1 fully saturated rings. The van der Waals surface area contributed by atoms with Crippen molar-refractivity contribution in [1.29, 1.82) is 0 Å². The van der Waals surface area contributed by atoms with E-state index in [1.807, 2.05) is 11.9 Å². The molecule has 2 rings (SSSR count). The van der Waals surface area contributed by atoms with E-state index in [9.17, 15) is 9.90 Å². The lowest BCUT2D eigenvalue weighted by Crippen LogP contribution is -2.57. The molecule has 1 aromatic rings. The number of piperazine rings is 1. The van der Waals surface area contributed by atoms with Crippen LogP contribution < -0.4 is 0 Å². The van der Waals surface area contributed by atoms with Crippen molar-refractivity contribution < 1.29 is 9.90 Å². The molecule has 0 amide bonds. The third-order valence-electron chi connectivity index (χ3n) is 4.03. The molecule has 0 radical (unpaired) electrons. The Kier molecular flexibility index (Phi) is 4.59. The van der Waals surface area contributed by atoms with Crippen molar-refractivity contribution in [3.8, 4) is 0 Å². The number of carbonyl (C=O) groups is 1. The molecule has 1 N–H and O–H groups in total. The van der Waals surface area contributed by atoms with Crippen molar-refractivity contribution in [2.45, 2.75) is 12.5 Å². The Bertz CT molecular complexity index is 516. The minimum absolute atomic E-state index is 0.318. The summed E-state index contributed by atoms with van der Waals surface area (Å²) in [5.41, 5.74) is -0.618. The summed E-state index contributed by atoms with van der Waals surface area (Å²) in [4.78, 5) is 16.0. The SMILES string of the molecule is CN1CCN(C(C)(C(=O)O)c2cccc(Cl)c2Cl)CC1. The lowest BCUT2D eigenvalue weighted by molar-refractivity contribution is -0.152. The lowest BCUT2D eigenvalue weighted by Gasteiger charge is -2.43. The van der Waals surface area contributed by atoms with Gasteiger partial charge < -0.3 is 10.0 Å². The number of benzene rings is 1. The number of carboxylic acid groups (broad SMARTS) is 1. The summed E-state index contributed by atoms with van der Waals surface area (Å²) in [6.45, 7) is 4.73. The van der Waals surface area contributed by atoms with E-state index in [1.165, 1.54) is 0 Å². The average molecular weight is 317 g/mol. The molecular weight excluding hydrogens is 299 g/mol. The normalized spacial score (nSPS) is 20.6. The number of hydrogen-bond acceptors (Lipinski definition) is 3. The van der Waals surface area contributed by atoms with Crippen LogP contribution in [0.4, 0.5) is 0 Å². The van der Waals surface area contributed by atoms with Crippen LogP contribution in [0.1, 0.15) is 12.5 Å². The first-order valence-electron chi connectivity index (χ1n) is 6.49. The Morgan fingerprint density at radius 3 is 2.40 bits per heavy atom. The zero-order chi connectivity index (χ0) is 14.9. The van der Waals surface area contributed by atoms with Crippen molar-refractivity contribution in [3.63, 3.8) is 0 Å². The molecule has 1 aliphatic heterocycles. The molecule has 110 valence electrons. The topological polar surface area (TPSA) is 43.8 Å². The molecule has 1 unspecified atom stereocenters. The molecule has 6 heteroatoms. The highest BCUT2D eigenvalue weighted by molar-refractivity contribution is 6.42. The summed E-state index contributed by atoms with van der Waals surface area (Å²) in [6, 6.07) is 5.14. The molecule has 1 atom stereocenters. The van der Waals surface area contributed by atoms with Crippen LogP contribution in [0.2, 0.25) is 10.0 Å². The van der Waals surface area contributed by atoms with Crippen LogP contribution in [0.15, 0.2) is 18.2 Å². The predicted molar refractivity (Wildman–Crippen MR) is 80.5 cm³/mol. The van der Waals surface area contributed by atoms with Crippen LogP contribution in [-0.4, -0.2) is 54.1 Å². The molecule has 0 bridgehead atoms. The van der Waals surface area contributed by atoms with Gasteiger partial charge >= 0.3 is 5.97 Å². The highest BCUT2D eigenvalue weighted by Gasteiger charge is 2.43. The molecule has 1 heterocycles. The van der Waals surface area contributed by atoms with Gasteiger partial charge in [0, 0.05) is 31.7 Å². The highest BCUT2D eigenvalue weighted by atomic mass is 35.5. The fraction of sp³-hybridized carbons (Fsp3) is 0.500. The largest absolute Gasteiger partial charge is 0.480 e. The summed E-state index contributed by atoms with van der Waals surface area (Å²) in [5, 5.41) is 10.5. The number of rotatable bonds is 3. The number of halogens is 2. The van der Waals surface area contributed by atoms with Crippen molar-refractivity contribution in [2.24, 2.45) is 0 Å². The fourth-order valence-corrected chi connectivity index (χ4v) is 3.04. The first-order chi connectivity index (χ1) is 9.37. The van der Waals surface area contributed by atoms with Gasteiger partial charge in [-0.1, -0.05) is 35.3 Å². The first-order valence-corrected chi connectivity index (χ1v) is 7.24. The first kappa shape index (κ1) is 15.6. The Morgan fingerprint density at radius 1 is 1.25 bits per heavy atom. The summed E-state index contributed by atoms with van der Waals surface area (Å²) in [5.74, 6) is -0.911. The third kappa shape index (κ3) is 2.66. The van der Waals surface area contributed by atoms with Crippen molar-refractivity contribution in [2.75, 3.05) is 33.2 Å². The van der Waals surface area contributed by atoms with E-state index in [0.717, 1.165) is 13.1 Å². The number of hydrogen-bond donors (Lipinski definition) is 1. The Morgan fingerprint density at radius 2 is 1.85 bits per heavy atom. The summed E-state index contributed by atoms with van der Waals surface area (Å²) < 4.78 is 0. The van der Waals surface area contributed by atoms with E-state index in [2.05, 4.69) is 4.90 Å². The number of carboxylic acids is 1. The van der Waals surface area contributed by atoms with Gasteiger partial charge in [-0.15, -0.1) is 0 Å². The van der Waals surface area contributed by atoms with Gasteiger partial charge in [0.2, 0.25) is 0 Å². The number of nitrogens with zero attached hydrogens (tertiary/aromatic N) is 2. The molecule has 0 spiro atoms. The van der Waals surface area contributed by atoms with Crippen LogP contribution in [-0.2, 0) is 10.3 Å². The lowest BCUT2D eigenvalue weighted by atomic mass is 9.89. The number of aliphatic carboxylic acids is 1. The van der Waals surface area contributed by atoms with E-state index in [0.29, 0.717) is 28.7 Å².